The van der Waals surface area contributed by atoms with E-state index in [1.54, 1.807) is 6.07 Å². The molecule has 5 heteroatoms. The lowest BCUT2D eigenvalue weighted by Crippen LogP contribution is -2.28. The van der Waals surface area contributed by atoms with Crippen LogP contribution < -0.4 is 9.47 Å². The highest BCUT2D eigenvalue weighted by Crippen LogP contribution is 2.34. The molecule has 0 aliphatic carbocycles. The fourth-order valence-corrected chi connectivity index (χ4v) is 2.16. The molecule has 1 heterocycles. The maximum absolute atomic E-state index is 11.4. The second-order valence-corrected chi connectivity index (χ2v) is 5.86. The number of hydrogen-bond donors (Lipinski definition) is 0. The summed E-state index contributed by atoms with van der Waals surface area (Å²) in [6.45, 7) is 2.52. The molecule has 0 fully saturated rings. The second kappa shape index (κ2) is 3.97. The normalized spacial score (nSPS) is 19.5. The molecule has 0 amide bonds. The van der Waals surface area contributed by atoms with Gasteiger partial charge >= 0.3 is 0 Å². The predicted octanol–water partition coefficient (Wildman–Crippen LogP) is 1.64. The van der Waals surface area contributed by atoms with E-state index in [9.17, 15) is 8.42 Å². The van der Waals surface area contributed by atoms with Gasteiger partial charge in [-0.15, -0.1) is 0 Å². The molecule has 88 valence electrons. The van der Waals surface area contributed by atoms with Crippen LogP contribution in [0, 0.1) is 0 Å². The minimum atomic E-state index is -3.20. The van der Waals surface area contributed by atoms with Gasteiger partial charge in [0.1, 0.15) is 12.7 Å². The van der Waals surface area contributed by atoms with Crippen molar-refractivity contribution in [1.29, 1.82) is 0 Å². The molecule has 16 heavy (non-hydrogen) atoms. The Balaban J connectivity index is 2.38. The van der Waals surface area contributed by atoms with Crippen LogP contribution in [0.5, 0.6) is 11.5 Å². The molecule has 0 aromatic heterocycles. The molecule has 1 aliphatic heterocycles. The summed E-state index contributed by atoms with van der Waals surface area (Å²) in [4.78, 5) is 0.256. The van der Waals surface area contributed by atoms with Crippen molar-refractivity contribution in [2.24, 2.45) is 0 Å². The van der Waals surface area contributed by atoms with Gasteiger partial charge < -0.3 is 9.47 Å². The van der Waals surface area contributed by atoms with E-state index in [0.29, 0.717) is 18.1 Å². The number of fused-ring (bicyclic) bond motifs is 1. The molecule has 0 bridgehead atoms. The van der Waals surface area contributed by atoms with E-state index >= 15 is 0 Å². The monoisotopic (exact) mass is 242 g/mol. The third-order valence-electron chi connectivity index (χ3n) is 2.52. The van der Waals surface area contributed by atoms with Crippen LogP contribution in [0.25, 0.3) is 0 Å². The largest absolute Gasteiger partial charge is 0.486 e. The van der Waals surface area contributed by atoms with Crippen LogP contribution >= 0.6 is 0 Å². The van der Waals surface area contributed by atoms with Crippen LogP contribution in [0.2, 0.25) is 0 Å². The molecule has 1 aliphatic rings. The second-order valence-electron chi connectivity index (χ2n) is 3.84. The van der Waals surface area contributed by atoms with E-state index in [1.165, 1.54) is 18.4 Å². The first-order chi connectivity index (χ1) is 7.50. The van der Waals surface area contributed by atoms with E-state index in [4.69, 9.17) is 9.47 Å². The van der Waals surface area contributed by atoms with Crippen LogP contribution in [0.4, 0.5) is 0 Å². The maximum Gasteiger partial charge on any atom is 0.175 e. The lowest BCUT2D eigenvalue weighted by atomic mass is 10.2. The fraction of sp³-hybridized carbons (Fsp3) is 0.455. The molecule has 0 radical (unpaired) electrons. The highest BCUT2D eigenvalue weighted by Gasteiger charge is 2.21. The van der Waals surface area contributed by atoms with Crippen molar-refractivity contribution in [2.75, 3.05) is 12.9 Å². The summed E-state index contributed by atoms with van der Waals surface area (Å²) in [6.07, 6.45) is 2.01. The first kappa shape index (κ1) is 11.3. The van der Waals surface area contributed by atoms with Crippen molar-refractivity contribution >= 4 is 9.84 Å². The van der Waals surface area contributed by atoms with Gasteiger partial charge in [-0.2, -0.15) is 0 Å². The Hall–Kier alpha value is -1.23. The molecule has 1 atom stereocenters. The zero-order valence-electron chi connectivity index (χ0n) is 9.26. The molecule has 1 aromatic rings. The Bertz CT molecular complexity index is 493. The molecule has 0 saturated carbocycles. The van der Waals surface area contributed by atoms with Crippen molar-refractivity contribution in [3.63, 3.8) is 0 Å². The molecule has 2 rings (SSSR count). The smallest absolute Gasteiger partial charge is 0.175 e. The Morgan fingerprint density at radius 3 is 2.75 bits per heavy atom. The van der Waals surface area contributed by atoms with Gasteiger partial charge in [-0.1, -0.05) is 6.92 Å². The summed E-state index contributed by atoms with van der Waals surface area (Å²) in [7, 11) is -3.20. The Morgan fingerprint density at radius 2 is 2.12 bits per heavy atom. The van der Waals surface area contributed by atoms with Gasteiger partial charge in [0, 0.05) is 12.3 Å². The molecule has 1 unspecified atom stereocenters. The third-order valence-corrected chi connectivity index (χ3v) is 3.63. The molecule has 1 aromatic carbocycles. The summed E-state index contributed by atoms with van der Waals surface area (Å²) >= 11 is 0. The highest BCUT2D eigenvalue weighted by molar-refractivity contribution is 7.90. The Kier molecular flexibility index (Phi) is 2.80. The van der Waals surface area contributed by atoms with Crippen molar-refractivity contribution in [1.82, 2.24) is 0 Å². The van der Waals surface area contributed by atoms with Gasteiger partial charge in [0.15, 0.2) is 21.3 Å². The van der Waals surface area contributed by atoms with E-state index in [2.05, 4.69) is 0 Å². The van der Waals surface area contributed by atoms with Crippen molar-refractivity contribution in [3.05, 3.63) is 18.2 Å². The van der Waals surface area contributed by atoms with Crippen LogP contribution in [0.3, 0.4) is 0 Å². The minimum absolute atomic E-state index is 0.00214. The topological polar surface area (TPSA) is 52.6 Å². The van der Waals surface area contributed by atoms with E-state index in [-0.39, 0.29) is 11.0 Å². The molecule has 0 spiro atoms. The standard InChI is InChI=1S/C11H14O4S/c1-3-8-7-14-10-5-4-9(16(2,12)13)6-11(10)15-8/h4-6,8H,3,7H2,1-2H3. The average Bonchev–Trinajstić information content (AvgIpc) is 2.26. The summed E-state index contributed by atoms with van der Waals surface area (Å²) in [5, 5.41) is 0. The van der Waals surface area contributed by atoms with Gasteiger partial charge in [0.2, 0.25) is 0 Å². The fourth-order valence-electron chi connectivity index (χ4n) is 1.53. The van der Waals surface area contributed by atoms with Crippen molar-refractivity contribution < 1.29 is 17.9 Å². The SMILES string of the molecule is CCC1COc2ccc(S(C)(=O)=O)cc2O1. The molecular weight excluding hydrogens is 228 g/mol. The summed E-state index contributed by atoms with van der Waals surface area (Å²) in [5.41, 5.74) is 0. The van der Waals surface area contributed by atoms with Crippen molar-refractivity contribution in [3.8, 4) is 11.5 Å². The van der Waals surface area contributed by atoms with E-state index in [0.717, 1.165) is 6.42 Å². The lowest BCUT2D eigenvalue weighted by Gasteiger charge is -2.25. The summed E-state index contributed by atoms with van der Waals surface area (Å²) < 4.78 is 33.8. The van der Waals surface area contributed by atoms with Crippen molar-refractivity contribution in [2.45, 2.75) is 24.3 Å². The minimum Gasteiger partial charge on any atom is -0.486 e. The quantitative estimate of drug-likeness (QED) is 0.791. The number of rotatable bonds is 2. The highest BCUT2D eigenvalue weighted by atomic mass is 32.2. The van der Waals surface area contributed by atoms with Gasteiger partial charge in [0.25, 0.3) is 0 Å². The molecule has 4 nitrogen and oxygen atoms in total. The van der Waals surface area contributed by atoms with Gasteiger partial charge in [-0.3, -0.25) is 0 Å². The van der Waals surface area contributed by atoms with Crippen LogP contribution in [0.15, 0.2) is 23.1 Å². The van der Waals surface area contributed by atoms with Gasteiger partial charge in [0.05, 0.1) is 4.90 Å². The van der Waals surface area contributed by atoms with E-state index in [1.807, 2.05) is 6.92 Å². The first-order valence-corrected chi connectivity index (χ1v) is 7.03. The van der Waals surface area contributed by atoms with Crippen LogP contribution in [-0.4, -0.2) is 27.4 Å². The zero-order chi connectivity index (χ0) is 11.8. The lowest BCUT2D eigenvalue weighted by molar-refractivity contribution is 0.0880. The molecular formula is C11H14O4S. The zero-order valence-corrected chi connectivity index (χ0v) is 10.1. The molecule has 0 N–H and O–H groups in total. The Labute approximate surface area is 95.1 Å². The van der Waals surface area contributed by atoms with Gasteiger partial charge in [-0.05, 0) is 18.6 Å². The average molecular weight is 242 g/mol. The number of ether oxygens (including phenoxy) is 2. The Morgan fingerprint density at radius 1 is 1.38 bits per heavy atom. The number of sulfone groups is 1. The third kappa shape index (κ3) is 2.14. The number of hydrogen-bond acceptors (Lipinski definition) is 4. The molecule has 0 saturated heterocycles. The first-order valence-electron chi connectivity index (χ1n) is 5.14. The van der Waals surface area contributed by atoms with Crippen LogP contribution in [0.1, 0.15) is 13.3 Å². The number of benzene rings is 1. The predicted molar refractivity (Wildman–Crippen MR) is 59.8 cm³/mol. The summed E-state index contributed by atoms with van der Waals surface area (Å²) in [6, 6.07) is 4.69. The van der Waals surface area contributed by atoms with Gasteiger partial charge in [-0.25, -0.2) is 8.42 Å². The summed E-state index contributed by atoms with van der Waals surface area (Å²) in [5.74, 6) is 1.12. The van der Waals surface area contributed by atoms with Crippen LogP contribution in [-0.2, 0) is 9.84 Å². The maximum atomic E-state index is 11.4. The van der Waals surface area contributed by atoms with E-state index < -0.39 is 9.84 Å².